The third-order valence-corrected chi connectivity index (χ3v) is 2.65. The molecule has 5 nitrogen and oxygen atoms in total. The van der Waals surface area contributed by atoms with Crippen LogP contribution in [-0.4, -0.2) is 41.1 Å². The molecule has 0 aromatic heterocycles. The van der Waals surface area contributed by atoms with Gasteiger partial charge in [-0.25, -0.2) is 0 Å². The fourth-order valence-corrected chi connectivity index (χ4v) is 1.80. The number of quaternary nitrogens is 1. The Morgan fingerprint density at radius 3 is 2.25 bits per heavy atom. The molecular weight excluding hydrogens is 208 g/mol. The van der Waals surface area contributed by atoms with Crippen molar-refractivity contribution in [3.8, 4) is 0 Å². The van der Waals surface area contributed by atoms with Crippen molar-refractivity contribution < 1.29 is 14.3 Å². The molecule has 0 aromatic rings. The maximum absolute atomic E-state index is 12.4. The van der Waals surface area contributed by atoms with E-state index in [-0.39, 0.29) is 6.54 Å². The van der Waals surface area contributed by atoms with Crippen molar-refractivity contribution in [2.24, 2.45) is 0 Å². The average Bonchev–Trinajstić information content (AvgIpc) is 2.66. The predicted octanol–water partition coefficient (Wildman–Crippen LogP) is 2.27. The number of rotatable bonds is 2. The number of hydrogen-bond acceptors (Lipinski definition) is 4. The van der Waals surface area contributed by atoms with Gasteiger partial charge in [0.05, 0.1) is 0 Å². The highest BCUT2D eigenvalue weighted by atomic mass is 16.7. The molecule has 5 heteroatoms. The van der Waals surface area contributed by atoms with E-state index >= 15 is 0 Å². The molecule has 0 bridgehead atoms. The molecule has 1 heterocycles. The molecule has 1 aliphatic heterocycles. The van der Waals surface area contributed by atoms with Crippen molar-refractivity contribution in [1.82, 2.24) is 5.01 Å². The van der Waals surface area contributed by atoms with Gasteiger partial charge < -0.3 is 9.94 Å². The van der Waals surface area contributed by atoms with Crippen molar-refractivity contribution in [3.63, 3.8) is 0 Å². The summed E-state index contributed by atoms with van der Waals surface area (Å²) in [4.78, 5) is 11.9. The van der Waals surface area contributed by atoms with Crippen LogP contribution in [0.2, 0.25) is 0 Å². The first-order chi connectivity index (χ1) is 7.29. The van der Waals surface area contributed by atoms with Crippen LogP contribution in [0, 0.1) is 5.21 Å². The Bertz CT molecular complexity index is 256. The Morgan fingerprint density at radius 2 is 1.88 bits per heavy atom. The van der Waals surface area contributed by atoms with Crippen LogP contribution in [0.15, 0.2) is 0 Å². The van der Waals surface area contributed by atoms with Crippen LogP contribution in [0.1, 0.15) is 40.5 Å². The minimum absolute atomic E-state index is 0.189. The van der Waals surface area contributed by atoms with Crippen LogP contribution >= 0.6 is 0 Å². The van der Waals surface area contributed by atoms with E-state index in [1.165, 1.54) is 0 Å². The molecule has 1 atom stereocenters. The highest BCUT2D eigenvalue weighted by Crippen LogP contribution is 2.22. The van der Waals surface area contributed by atoms with Crippen LogP contribution in [0.25, 0.3) is 0 Å². The predicted molar refractivity (Wildman–Crippen MR) is 61.2 cm³/mol. The summed E-state index contributed by atoms with van der Waals surface area (Å²) in [5.74, 6) is 0. The Hall–Kier alpha value is -0.650. The van der Waals surface area contributed by atoms with Gasteiger partial charge in [-0.05, 0) is 40.5 Å². The van der Waals surface area contributed by atoms with Gasteiger partial charge in [-0.1, -0.05) is 0 Å². The van der Waals surface area contributed by atoms with Crippen LogP contribution in [0.5, 0.6) is 0 Å². The summed E-state index contributed by atoms with van der Waals surface area (Å²) in [6.07, 6.45) is 1.26. The number of nitrogens with zero attached hydrogens (tertiary/aromatic N) is 2. The summed E-state index contributed by atoms with van der Waals surface area (Å²) < 4.78 is 4.21. The Labute approximate surface area is 97.1 Å². The monoisotopic (exact) mass is 230 g/mol. The van der Waals surface area contributed by atoms with E-state index in [0.29, 0.717) is 13.1 Å². The summed E-state index contributed by atoms with van der Waals surface area (Å²) in [7, 11) is 0. The van der Waals surface area contributed by atoms with Crippen molar-refractivity contribution in [1.29, 1.82) is 0 Å². The Balaban J connectivity index is 2.74. The van der Waals surface area contributed by atoms with Crippen molar-refractivity contribution in [2.75, 3.05) is 19.6 Å². The van der Waals surface area contributed by atoms with Gasteiger partial charge in [0.15, 0.2) is 0 Å². The van der Waals surface area contributed by atoms with Gasteiger partial charge >= 0.3 is 6.09 Å². The smallest absolute Gasteiger partial charge is 0.536 e. The topological polar surface area (TPSA) is 52.6 Å². The highest BCUT2D eigenvalue weighted by molar-refractivity contribution is 5.60. The summed E-state index contributed by atoms with van der Waals surface area (Å²) in [6.45, 7) is 8.58. The first-order valence-corrected chi connectivity index (χ1v) is 5.87. The molecule has 1 saturated heterocycles. The molecular formula is C11H22N2O3. The van der Waals surface area contributed by atoms with Gasteiger partial charge in [0.25, 0.3) is 0 Å². The van der Waals surface area contributed by atoms with Gasteiger partial charge in [-0.3, -0.25) is 0 Å². The van der Waals surface area contributed by atoms with Gasteiger partial charge in [0.1, 0.15) is 12.1 Å². The molecule has 0 radical (unpaired) electrons. The van der Waals surface area contributed by atoms with Crippen molar-refractivity contribution in [3.05, 3.63) is 5.21 Å². The third-order valence-electron chi connectivity index (χ3n) is 2.65. The number of carbonyl (C=O) groups excluding carboxylic acids is 1. The lowest BCUT2D eigenvalue weighted by Crippen LogP contribution is -2.59. The van der Waals surface area contributed by atoms with Crippen LogP contribution in [0.4, 0.5) is 4.79 Å². The molecule has 0 saturated carbocycles. The van der Waals surface area contributed by atoms with Crippen LogP contribution in [0.3, 0.4) is 0 Å². The second-order valence-electron chi connectivity index (χ2n) is 5.16. The zero-order chi connectivity index (χ0) is 12.4. The first kappa shape index (κ1) is 13.4. The number of ether oxygens (including phenoxy) is 1. The van der Waals surface area contributed by atoms with Gasteiger partial charge in [-0.15, -0.1) is 5.01 Å². The normalized spacial score (nSPS) is 21.8. The summed E-state index contributed by atoms with van der Waals surface area (Å²) in [5, 5.41) is 14.1. The minimum atomic E-state index is -0.975. The lowest BCUT2D eigenvalue weighted by atomic mass is 10.2. The second-order valence-corrected chi connectivity index (χ2v) is 5.16. The van der Waals surface area contributed by atoms with E-state index in [1.807, 2.05) is 0 Å². The number of hydroxylamine groups is 2. The van der Waals surface area contributed by atoms with E-state index in [0.717, 1.165) is 12.8 Å². The molecule has 1 rings (SSSR count). The molecule has 0 aromatic carbocycles. The lowest BCUT2D eigenvalue weighted by Gasteiger charge is -2.43. The zero-order valence-electron chi connectivity index (χ0n) is 10.7. The molecule has 0 spiro atoms. The standard InChI is InChI=1S/C11H22N2O3/c1-5-13(15,12-8-6-7-9-12)10(14)16-11(2,3)4/h5-9H2,1-4H3. The van der Waals surface area contributed by atoms with Gasteiger partial charge in [0.2, 0.25) is 0 Å². The highest BCUT2D eigenvalue weighted by Gasteiger charge is 2.39. The summed E-state index contributed by atoms with van der Waals surface area (Å²) in [5.41, 5.74) is -0.611. The zero-order valence-corrected chi connectivity index (χ0v) is 10.7. The van der Waals surface area contributed by atoms with E-state index < -0.39 is 16.4 Å². The van der Waals surface area contributed by atoms with E-state index in [2.05, 4.69) is 0 Å². The molecule has 1 amide bonds. The van der Waals surface area contributed by atoms with Gasteiger partial charge in [0, 0.05) is 13.1 Å². The van der Waals surface area contributed by atoms with E-state index in [9.17, 15) is 10.0 Å². The maximum Gasteiger partial charge on any atom is 0.536 e. The summed E-state index contributed by atoms with van der Waals surface area (Å²) >= 11 is 0. The molecule has 1 fully saturated rings. The number of amides is 1. The Kier molecular flexibility index (Phi) is 3.93. The molecule has 94 valence electrons. The van der Waals surface area contributed by atoms with Crippen LogP contribution < -0.4 is 0 Å². The molecule has 0 N–H and O–H groups in total. The lowest BCUT2D eigenvalue weighted by molar-refractivity contribution is -0.926. The van der Waals surface area contributed by atoms with Crippen molar-refractivity contribution in [2.45, 2.75) is 46.1 Å². The Morgan fingerprint density at radius 1 is 1.38 bits per heavy atom. The number of hydrogen-bond donors (Lipinski definition) is 0. The fourth-order valence-electron chi connectivity index (χ4n) is 1.80. The van der Waals surface area contributed by atoms with Crippen molar-refractivity contribution >= 4 is 6.09 Å². The maximum atomic E-state index is 12.4. The molecule has 0 aliphatic carbocycles. The van der Waals surface area contributed by atoms with E-state index in [4.69, 9.17) is 4.74 Å². The molecule has 1 aliphatic rings. The third kappa shape index (κ3) is 2.93. The largest absolute Gasteiger partial charge is 0.601 e. The summed E-state index contributed by atoms with van der Waals surface area (Å²) in [6, 6.07) is 0. The molecule has 16 heavy (non-hydrogen) atoms. The quantitative estimate of drug-likeness (QED) is 0.539. The minimum Gasteiger partial charge on any atom is -0.601 e. The SMILES string of the molecule is CC[N+]([O-])(C(=O)OC(C)(C)C)N1CCCC1. The fraction of sp³-hybridized carbons (Fsp3) is 0.909. The second kappa shape index (κ2) is 4.69. The number of carbonyl (C=O) groups is 1. The molecule has 1 unspecified atom stereocenters. The van der Waals surface area contributed by atoms with Crippen LogP contribution in [-0.2, 0) is 4.74 Å². The average molecular weight is 230 g/mol. The first-order valence-electron chi connectivity index (χ1n) is 5.87. The van der Waals surface area contributed by atoms with E-state index in [1.54, 1.807) is 32.7 Å². The van der Waals surface area contributed by atoms with Gasteiger partial charge in [-0.2, -0.15) is 9.55 Å².